The van der Waals surface area contributed by atoms with E-state index in [1.54, 1.807) is 19.1 Å². The second-order valence-corrected chi connectivity index (χ2v) is 12.3. The van der Waals surface area contributed by atoms with E-state index < -0.39 is 28.5 Å². The lowest BCUT2D eigenvalue weighted by molar-refractivity contribution is -0.139. The molecule has 208 valence electrons. The van der Waals surface area contributed by atoms with Crippen molar-refractivity contribution in [1.82, 2.24) is 10.2 Å². The summed E-state index contributed by atoms with van der Waals surface area (Å²) in [5.74, 6) is -0.814. The Morgan fingerprint density at radius 3 is 2.10 bits per heavy atom. The summed E-state index contributed by atoms with van der Waals surface area (Å²) in [6.07, 6.45) is 0. The predicted molar refractivity (Wildman–Crippen MR) is 156 cm³/mol. The minimum atomic E-state index is -4.15. The van der Waals surface area contributed by atoms with E-state index in [2.05, 4.69) is 5.32 Å². The fraction of sp³-hybridized carbons (Fsp3) is 0.333. The molecule has 0 aliphatic carbocycles. The highest BCUT2D eigenvalue weighted by atomic mass is 35.5. The number of aryl methyl sites for hydroxylation is 3. The molecule has 3 aromatic rings. The van der Waals surface area contributed by atoms with E-state index in [-0.39, 0.29) is 23.4 Å². The Kier molecular flexibility index (Phi) is 9.80. The Labute approximate surface area is 236 Å². The van der Waals surface area contributed by atoms with Crippen LogP contribution in [0.3, 0.4) is 0 Å². The van der Waals surface area contributed by atoms with Gasteiger partial charge in [-0.2, -0.15) is 0 Å². The van der Waals surface area contributed by atoms with Crippen molar-refractivity contribution in [3.8, 4) is 0 Å². The molecule has 0 spiro atoms. The van der Waals surface area contributed by atoms with Crippen LogP contribution in [0.5, 0.6) is 0 Å². The Bertz CT molecular complexity index is 1440. The molecule has 2 amide bonds. The van der Waals surface area contributed by atoms with Crippen LogP contribution in [0.2, 0.25) is 5.02 Å². The molecule has 0 heterocycles. The van der Waals surface area contributed by atoms with Gasteiger partial charge in [0.25, 0.3) is 10.0 Å². The van der Waals surface area contributed by atoms with Gasteiger partial charge in [0.1, 0.15) is 12.6 Å². The van der Waals surface area contributed by atoms with Crippen LogP contribution in [-0.2, 0) is 26.2 Å². The largest absolute Gasteiger partial charge is 0.352 e. The monoisotopic (exact) mass is 569 g/mol. The van der Waals surface area contributed by atoms with Gasteiger partial charge in [-0.15, -0.1) is 0 Å². The molecule has 0 radical (unpaired) electrons. The smallest absolute Gasteiger partial charge is 0.264 e. The van der Waals surface area contributed by atoms with Crippen molar-refractivity contribution < 1.29 is 18.0 Å². The third-order valence-corrected chi connectivity index (χ3v) is 8.70. The second kappa shape index (κ2) is 12.7. The summed E-state index contributed by atoms with van der Waals surface area (Å²) in [5, 5.41) is 3.26. The minimum absolute atomic E-state index is 0.00832. The molecule has 3 rings (SSSR count). The van der Waals surface area contributed by atoms with Crippen molar-refractivity contribution in [2.75, 3.05) is 10.8 Å². The minimum Gasteiger partial charge on any atom is -0.352 e. The second-order valence-electron chi connectivity index (χ2n) is 10.0. The Hall–Kier alpha value is -3.36. The number of halogens is 1. The highest BCUT2D eigenvalue weighted by Crippen LogP contribution is 2.27. The summed E-state index contributed by atoms with van der Waals surface area (Å²) in [5.41, 5.74) is 4.07. The number of nitrogens with zero attached hydrogens (tertiary/aromatic N) is 2. The number of hydrogen-bond donors (Lipinski definition) is 1. The Morgan fingerprint density at radius 2 is 1.51 bits per heavy atom. The maximum atomic E-state index is 14.0. The molecule has 7 nitrogen and oxygen atoms in total. The molecule has 0 aliphatic rings. The molecule has 39 heavy (non-hydrogen) atoms. The third-order valence-electron chi connectivity index (χ3n) is 6.66. The highest BCUT2D eigenvalue weighted by molar-refractivity contribution is 7.92. The summed E-state index contributed by atoms with van der Waals surface area (Å²) in [6.45, 7) is 10.8. The number of amides is 2. The van der Waals surface area contributed by atoms with Gasteiger partial charge in [-0.05, 0) is 100 Å². The first-order valence-electron chi connectivity index (χ1n) is 12.8. The van der Waals surface area contributed by atoms with E-state index in [4.69, 9.17) is 11.6 Å². The fourth-order valence-corrected chi connectivity index (χ4v) is 5.63. The molecule has 3 aromatic carbocycles. The quantitative estimate of drug-likeness (QED) is 0.354. The number of rotatable bonds is 10. The molecule has 9 heteroatoms. The van der Waals surface area contributed by atoms with Crippen LogP contribution in [0.1, 0.15) is 43.0 Å². The van der Waals surface area contributed by atoms with E-state index in [0.29, 0.717) is 10.7 Å². The lowest BCUT2D eigenvalue weighted by atomic mass is 10.1. The van der Waals surface area contributed by atoms with Crippen LogP contribution >= 0.6 is 11.6 Å². The van der Waals surface area contributed by atoms with Crippen LogP contribution < -0.4 is 9.62 Å². The average Bonchev–Trinajstić information content (AvgIpc) is 2.87. The summed E-state index contributed by atoms with van der Waals surface area (Å²) >= 11 is 6.01. The van der Waals surface area contributed by atoms with Crippen molar-refractivity contribution in [2.24, 2.45) is 0 Å². The van der Waals surface area contributed by atoms with Gasteiger partial charge in [-0.25, -0.2) is 8.42 Å². The molecule has 1 atom stereocenters. The average molecular weight is 570 g/mol. The zero-order chi connectivity index (χ0) is 28.9. The van der Waals surface area contributed by atoms with Crippen LogP contribution in [0.4, 0.5) is 5.69 Å². The van der Waals surface area contributed by atoms with E-state index in [9.17, 15) is 18.0 Å². The lowest BCUT2D eigenvalue weighted by Gasteiger charge is -2.32. The van der Waals surface area contributed by atoms with Gasteiger partial charge in [0.15, 0.2) is 0 Å². The van der Waals surface area contributed by atoms with Crippen molar-refractivity contribution in [3.05, 3.63) is 94.0 Å². The maximum absolute atomic E-state index is 14.0. The molecule has 0 saturated heterocycles. The zero-order valence-electron chi connectivity index (χ0n) is 23.2. The number of anilines is 1. The molecule has 0 saturated carbocycles. The maximum Gasteiger partial charge on any atom is 0.264 e. The van der Waals surface area contributed by atoms with Gasteiger partial charge in [0, 0.05) is 17.6 Å². The zero-order valence-corrected chi connectivity index (χ0v) is 24.8. The van der Waals surface area contributed by atoms with Crippen molar-refractivity contribution in [1.29, 1.82) is 0 Å². The number of hydrogen-bond acceptors (Lipinski definition) is 4. The first-order valence-corrected chi connectivity index (χ1v) is 14.6. The number of sulfonamides is 1. The standard InChI is InChI=1S/C30H36ClN3O4S/c1-20(2)32-30(36)24(6)33(18-25-10-8-7-9-22(25)4)29(35)19-34(27-14-11-21(3)23(5)17-27)39(37,38)28-15-12-26(31)13-16-28/h7-17,20,24H,18-19H2,1-6H3,(H,32,36). The normalized spacial score (nSPS) is 12.2. The Morgan fingerprint density at radius 1 is 0.872 bits per heavy atom. The van der Waals surface area contributed by atoms with Crippen LogP contribution in [0, 0.1) is 20.8 Å². The Balaban J connectivity index is 2.07. The fourth-order valence-electron chi connectivity index (χ4n) is 4.10. The van der Waals surface area contributed by atoms with Gasteiger partial charge in [0.2, 0.25) is 11.8 Å². The summed E-state index contributed by atoms with van der Waals surface area (Å²) in [4.78, 5) is 28.4. The topological polar surface area (TPSA) is 86.8 Å². The lowest BCUT2D eigenvalue weighted by Crippen LogP contribution is -2.52. The summed E-state index contributed by atoms with van der Waals surface area (Å²) < 4.78 is 28.9. The molecule has 1 N–H and O–H groups in total. The van der Waals surface area contributed by atoms with Gasteiger partial charge in [-0.1, -0.05) is 41.9 Å². The van der Waals surface area contributed by atoms with Gasteiger partial charge >= 0.3 is 0 Å². The van der Waals surface area contributed by atoms with E-state index in [1.165, 1.54) is 29.2 Å². The van der Waals surface area contributed by atoms with Gasteiger partial charge in [-0.3, -0.25) is 13.9 Å². The van der Waals surface area contributed by atoms with Crippen molar-refractivity contribution in [3.63, 3.8) is 0 Å². The van der Waals surface area contributed by atoms with Crippen LogP contribution in [0.15, 0.2) is 71.6 Å². The van der Waals surface area contributed by atoms with Crippen molar-refractivity contribution >= 4 is 39.1 Å². The van der Waals surface area contributed by atoms with Gasteiger partial charge in [0.05, 0.1) is 10.6 Å². The summed E-state index contributed by atoms with van der Waals surface area (Å²) in [6, 6.07) is 17.7. The number of nitrogens with one attached hydrogen (secondary N) is 1. The van der Waals surface area contributed by atoms with Gasteiger partial charge < -0.3 is 10.2 Å². The molecule has 0 fully saturated rings. The first kappa shape index (κ1) is 30.2. The van der Waals surface area contributed by atoms with E-state index >= 15 is 0 Å². The van der Waals surface area contributed by atoms with E-state index in [0.717, 1.165) is 26.6 Å². The molecular formula is C30H36ClN3O4S. The first-order chi connectivity index (χ1) is 18.3. The molecule has 0 aliphatic heterocycles. The van der Waals surface area contributed by atoms with Crippen molar-refractivity contribution in [2.45, 2.75) is 65.1 Å². The molecule has 1 unspecified atom stereocenters. The number of carbonyl (C=O) groups excluding carboxylic acids is 2. The van der Waals surface area contributed by atoms with Crippen LogP contribution in [-0.4, -0.2) is 43.8 Å². The SMILES string of the molecule is Cc1ccc(N(CC(=O)N(Cc2ccccc2C)C(C)C(=O)NC(C)C)S(=O)(=O)c2ccc(Cl)cc2)cc1C. The third kappa shape index (κ3) is 7.40. The number of carbonyl (C=O) groups is 2. The van der Waals surface area contributed by atoms with Crippen LogP contribution in [0.25, 0.3) is 0 Å². The van der Waals surface area contributed by atoms with E-state index in [1.807, 2.05) is 65.0 Å². The molecular weight excluding hydrogens is 534 g/mol. The molecule has 0 bridgehead atoms. The predicted octanol–water partition coefficient (Wildman–Crippen LogP) is 5.40. The number of benzene rings is 3. The summed E-state index contributed by atoms with van der Waals surface area (Å²) in [7, 11) is -4.15. The highest BCUT2D eigenvalue weighted by Gasteiger charge is 2.33. The molecule has 0 aromatic heterocycles.